The third-order valence-electron chi connectivity index (χ3n) is 4.89. The number of hydrogen-bond donors (Lipinski definition) is 1. The number of anilines is 1. The van der Waals surface area contributed by atoms with Crippen LogP contribution in [0.1, 0.15) is 33.6 Å². The van der Waals surface area contributed by atoms with Gasteiger partial charge in [0, 0.05) is 18.3 Å². The number of rotatable bonds is 9. The van der Waals surface area contributed by atoms with Crippen molar-refractivity contribution in [1.82, 2.24) is 9.55 Å². The Morgan fingerprint density at radius 1 is 1.19 bits per heavy atom. The Labute approximate surface area is 187 Å². The summed E-state index contributed by atoms with van der Waals surface area (Å²) in [5, 5.41) is 5.96. The molecule has 0 aliphatic heterocycles. The van der Waals surface area contributed by atoms with Crippen molar-refractivity contribution >= 4 is 44.4 Å². The molecule has 0 aliphatic rings. The first-order valence-corrected chi connectivity index (χ1v) is 12.8. The molecule has 2 aromatic carbocycles. The number of amides is 1. The molecule has 0 bridgehead atoms. The Bertz CT molecular complexity index is 1160. The number of aromatic nitrogens is 2. The van der Waals surface area contributed by atoms with Gasteiger partial charge in [-0.2, -0.15) is 0 Å². The molecule has 0 atom stereocenters. The van der Waals surface area contributed by atoms with E-state index in [1.807, 2.05) is 48.7 Å². The first-order chi connectivity index (χ1) is 14.7. The second-order valence-electron chi connectivity index (χ2n) is 7.58. The fourth-order valence-corrected chi connectivity index (χ4v) is 4.86. The van der Waals surface area contributed by atoms with Crippen LogP contribution in [0.2, 0.25) is 0 Å². The van der Waals surface area contributed by atoms with Gasteiger partial charge in [0.2, 0.25) is 15.9 Å². The minimum Gasteiger partial charge on any atom is -0.319 e. The normalized spacial score (nSPS) is 11.9. The number of unbranched alkanes of at least 4 members (excludes halogenated alkanes) is 1. The molecule has 0 saturated heterocycles. The Balaban J connectivity index is 1.89. The first kappa shape index (κ1) is 23.3. The maximum absolute atomic E-state index is 13.1. The summed E-state index contributed by atoms with van der Waals surface area (Å²) in [4.78, 5) is 19.5. The quantitative estimate of drug-likeness (QED) is 0.486. The van der Waals surface area contributed by atoms with Gasteiger partial charge >= 0.3 is 0 Å². The molecule has 0 aliphatic carbocycles. The fourth-order valence-electron chi connectivity index (χ4n) is 3.42. The van der Waals surface area contributed by atoms with Crippen LogP contribution in [0.15, 0.2) is 58.6 Å². The van der Waals surface area contributed by atoms with Gasteiger partial charge in [-0.1, -0.05) is 43.3 Å². The molecular weight excluding hydrogens is 432 g/mol. The van der Waals surface area contributed by atoms with E-state index in [2.05, 4.69) is 11.9 Å². The van der Waals surface area contributed by atoms with Crippen LogP contribution in [0.3, 0.4) is 0 Å². The van der Waals surface area contributed by atoms with Crippen molar-refractivity contribution in [3.8, 4) is 0 Å². The molecule has 0 fully saturated rings. The summed E-state index contributed by atoms with van der Waals surface area (Å²) < 4.78 is 25.5. The van der Waals surface area contributed by atoms with Crippen molar-refractivity contribution < 1.29 is 13.2 Å². The third-order valence-corrected chi connectivity index (χ3v) is 6.76. The van der Waals surface area contributed by atoms with Gasteiger partial charge < -0.3 is 9.47 Å². The highest BCUT2D eigenvalue weighted by Crippen LogP contribution is 2.28. The van der Waals surface area contributed by atoms with Gasteiger partial charge in [-0.15, -0.1) is 0 Å². The van der Waals surface area contributed by atoms with Crippen molar-refractivity contribution in [3.63, 3.8) is 0 Å². The van der Waals surface area contributed by atoms with Gasteiger partial charge in [-0.25, -0.2) is 18.5 Å². The maximum Gasteiger partial charge on any atom is 0.238 e. The number of aryl methyl sites for hydroxylation is 1. The van der Waals surface area contributed by atoms with Crippen LogP contribution in [-0.4, -0.2) is 35.7 Å². The van der Waals surface area contributed by atoms with E-state index in [0.717, 1.165) is 30.6 Å². The lowest BCUT2D eigenvalue weighted by Gasteiger charge is -2.26. The van der Waals surface area contributed by atoms with Gasteiger partial charge in [0.1, 0.15) is 0 Å². The summed E-state index contributed by atoms with van der Waals surface area (Å²) in [5.74, 6) is 0.218. The van der Waals surface area contributed by atoms with E-state index >= 15 is 0 Å². The second kappa shape index (κ2) is 9.84. The number of carbonyl (C=O) groups is 1. The van der Waals surface area contributed by atoms with Crippen LogP contribution in [0.4, 0.5) is 5.69 Å². The Morgan fingerprint density at radius 3 is 2.52 bits per heavy atom. The topological polar surface area (TPSA) is 98.3 Å². The number of imidazole rings is 1. The average Bonchev–Trinajstić information content (AvgIpc) is 3.07. The molecule has 1 aromatic heterocycles. The molecular formula is C22H28N4O3S2. The largest absolute Gasteiger partial charge is 0.319 e. The lowest BCUT2D eigenvalue weighted by Crippen LogP contribution is -2.38. The van der Waals surface area contributed by atoms with Gasteiger partial charge in [0.05, 0.1) is 21.7 Å². The predicted octanol–water partition coefficient (Wildman–Crippen LogP) is 4.02. The summed E-state index contributed by atoms with van der Waals surface area (Å²) >= 11 is 1.37. The molecule has 0 radical (unpaired) electrons. The Kier molecular flexibility index (Phi) is 7.40. The number of primary sulfonamides is 1. The Morgan fingerprint density at radius 2 is 1.90 bits per heavy atom. The number of thioether (sulfide) groups is 1. The highest BCUT2D eigenvalue weighted by atomic mass is 32.2. The van der Waals surface area contributed by atoms with Crippen LogP contribution in [-0.2, 0) is 21.4 Å². The average molecular weight is 461 g/mol. The lowest BCUT2D eigenvalue weighted by atomic mass is 10.2. The third kappa shape index (κ3) is 5.47. The first-order valence-electron chi connectivity index (χ1n) is 10.3. The number of benzene rings is 2. The van der Waals surface area contributed by atoms with E-state index in [9.17, 15) is 13.2 Å². The summed E-state index contributed by atoms with van der Waals surface area (Å²) in [6, 6.07) is 14.3. The number of hydrogen-bond acceptors (Lipinski definition) is 5. The fraction of sp³-hybridized carbons (Fsp3) is 0.364. The number of nitrogens with zero attached hydrogens (tertiary/aromatic N) is 3. The Hall–Kier alpha value is -2.36. The molecule has 7 nitrogen and oxygen atoms in total. The van der Waals surface area contributed by atoms with Crippen LogP contribution in [0, 0.1) is 0 Å². The van der Waals surface area contributed by atoms with Gasteiger partial charge in [0.25, 0.3) is 0 Å². The number of para-hydroxylation sites is 1. The molecule has 0 unspecified atom stereocenters. The van der Waals surface area contributed by atoms with Gasteiger partial charge in [0.15, 0.2) is 5.16 Å². The van der Waals surface area contributed by atoms with Crippen LogP contribution in [0.5, 0.6) is 0 Å². The van der Waals surface area contributed by atoms with Crippen LogP contribution < -0.4 is 10.0 Å². The molecule has 3 aromatic rings. The van der Waals surface area contributed by atoms with Crippen molar-refractivity contribution in [3.05, 3.63) is 48.5 Å². The van der Waals surface area contributed by atoms with Crippen molar-refractivity contribution in [1.29, 1.82) is 0 Å². The molecule has 31 heavy (non-hydrogen) atoms. The summed E-state index contributed by atoms with van der Waals surface area (Å²) in [6.45, 7) is 6.82. The molecule has 1 amide bonds. The lowest BCUT2D eigenvalue weighted by molar-refractivity contribution is -0.116. The highest BCUT2D eigenvalue weighted by Gasteiger charge is 2.21. The minimum atomic E-state index is -3.81. The van der Waals surface area contributed by atoms with Gasteiger partial charge in [-0.05, 0) is 50.6 Å². The summed E-state index contributed by atoms with van der Waals surface area (Å²) in [7, 11) is -3.81. The number of fused-ring (bicyclic) bond motifs is 1. The van der Waals surface area contributed by atoms with E-state index < -0.39 is 10.0 Å². The summed E-state index contributed by atoms with van der Waals surface area (Å²) in [5.41, 5.74) is 2.25. The van der Waals surface area contributed by atoms with Crippen molar-refractivity contribution in [2.75, 3.05) is 10.7 Å². The molecule has 1 heterocycles. The standard InChI is InChI=1S/C22H28N4O3S2/c1-4-5-13-25-20-12-11-18(31(23,28)29)14-19(20)24-22(25)30-15-21(27)26(16(2)3)17-9-7-6-8-10-17/h6-12,14,16H,4-5,13,15H2,1-3H3,(H2,23,28,29). The second-order valence-corrected chi connectivity index (χ2v) is 10.1. The van der Waals surface area contributed by atoms with Crippen LogP contribution in [0.25, 0.3) is 11.0 Å². The smallest absolute Gasteiger partial charge is 0.238 e. The molecule has 0 saturated carbocycles. The predicted molar refractivity (Wildman–Crippen MR) is 126 cm³/mol. The van der Waals surface area contributed by atoms with E-state index in [4.69, 9.17) is 5.14 Å². The monoisotopic (exact) mass is 460 g/mol. The van der Waals surface area contributed by atoms with Gasteiger partial charge in [-0.3, -0.25) is 4.79 Å². The number of carbonyl (C=O) groups excluding carboxylic acids is 1. The molecule has 2 N–H and O–H groups in total. The zero-order valence-electron chi connectivity index (χ0n) is 18.0. The molecule has 166 valence electrons. The number of nitrogens with two attached hydrogens (primary N) is 1. The zero-order chi connectivity index (χ0) is 22.6. The van der Waals surface area contributed by atoms with Crippen LogP contribution >= 0.6 is 11.8 Å². The van der Waals surface area contributed by atoms with Crippen molar-refractivity contribution in [2.45, 2.75) is 56.3 Å². The molecule has 3 rings (SSSR count). The molecule has 9 heteroatoms. The minimum absolute atomic E-state index is 0.00878. The van der Waals surface area contributed by atoms with E-state index in [0.29, 0.717) is 10.7 Å². The SMILES string of the molecule is CCCCn1c(SCC(=O)N(c2ccccc2)C(C)C)nc2cc(S(N)(=O)=O)ccc21. The highest BCUT2D eigenvalue weighted by molar-refractivity contribution is 7.99. The van der Waals surface area contributed by atoms with E-state index in [1.165, 1.54) is 23.9 Å². The zero-order valence-corrected chi connectivity index (χ0v) is 19.6. The summed E-state index contributed by atoms with van der Waals surface area (Å²) in [6.07, 6.45) is 1.96. The maximum atomic E-state index is 13.1. The number of sulfonamides is 1. The van der Waals surface area contributed by atoms with Crippen molar-refractivity contribution in [2.24, 2.45) is 5.14 Å². The van der Waals surface area contributed by atoms with E-state index in [-0.39, 0.29) is 22.6 Å². The molecule has 0 spiro atoms. The van der Waals surface area contributed by atoms with E-state index in [1.54, 1.807) is 11.0 Å².